The number of hydrogen-bond donors (Lipinski definition) is 1. The van der Waals surface area contributed by atoms with E-state index in [4.69, 9.17) is 4.98 Å². The highest BCUT2D eigenvalue weighted by Gasteiger charge is 2.22. The minimum atomic E-state index is -0.0221. The molecule has 1 amide bonds. The Morgan fingerprint density at radius 1 is 1.21 bits per heavy atom. The van der Waals surface area contributed by atoms with Gasteiger partial charge in [-0.3, -0.25) is 4.79 Å². The van der Waals surface area contributed by atoms with Crippen molar-refractivity contribution >= 4 is 17.7 Å². The van der Waals surface area contributed by atoms with Gasteiger partial charge in [0, 0.05) is 58.2 Å². The van der Waals surface area contributed by atoms with Crippen molar-refractivity contribution in [3.05, 3.63) is 40.8 Å². The van der Waals surface area contributed by atoms with Crippen LogP contribution in [0.3, 0.4) is 0 Å². The SMILES string of the molecule is CCc1cnc(N2CCc3cc(C(=O)N(C)C)c(NCC(C)C)nc3CC2)nc1. The number of nitrogens with zero attached hydrogens (tertiary/aromatic N) is 5. The maximum atomic E-state index is 12.7. The van der Waals surface area contributed by atoms with Gasteiger partial charge in [-0.2, -0.15) is 0 Å². The van der Waals surface area contributed by atoms with Crippen molar-refractivity contribution in [1.82, 2.24) is 19.9 Å². The highest BCUT2D eigenvalue weighted by molar-refractivity contribution is 5.98. The summed E-state index contributed by atoms with van der Waals surface area (Å²) in [6.07, 6.45) is 6.37. The summed E-state index contributed by atoms with van der Waals surface area (Å²) in [7, 11) is 3.55. The predicted octanol–water partition coefficient (Wildman–Crippen LogP) is 2.81. The van der Waals surface area contributed by atoms with Crippen LogP contribution in [-0.2, 0) is 19.3 Å². The Balaban J connectivity index is 1.86. The average Bonchev–Trinajstić information content (AvgIpc) is 2.93. The maximum absolute atomic E-state index is 12.7. The Bertz CT molecular complexity index is 847. The van der Waals surface area contributed by atoms with Gasteiger partial charge in [0.1, 0.15) is 5.82 Å². The zero-order valence-corrected chi connectivity index (χ0v) is 18.2. The second-order valence-corrected chi connectivity index (χ2v) is 8.20. The molecule has 0 atom stereocenters. The van der Waals surface area contributed by atoms with Crippen molar-refractivity contribution in [2.45, 2.75) is 40.0 Å². The quantitative estimate of drug-likeness (QED) is 0.809. The van der Waals surface area contributed by atoms with Crippen LogP contribution >= 0.6 is 0 Å². The average molecular weight is 397 g/mol. The summed E-state index contributed by atoms with van der Waals surface area (Å²) >= 11 is 0. The monoisotopic (exact) mass is 396 g/mol. The lowest BCUT2D eigenvalue weighted by molar-refractivity contribution is 0.0828. The molecule has 3 heterocycles. The van der Waals surface area contributed by atoms with E-state index in [1.807, 2.05) is 18.5 Å². The molecule has 0 spiro atoms. The van der Waals surface area contributed by atoms with Crippen molar-refractivity contribution in [3.63, 3.8) is 0 Å². The van der Waals surface area contributed by atoms with E-state index in [0.717, 1.165) is 61.7 Å². The smallest absolute Gasteiger partial charge is 0.257 e. The minimum absolute atomic E-state index is 0.0221. The van der Waals surface area contributed by atoms with Crippen LogP contribution in [0.25, 0.3) is 0 Å². The van der Waals surface area contributed by atoms with E-state index in [2.05, 4.69) is 41.0 Å². The molecule has 0 aliphatic carbocycles. The Labute approximate surface area is 173 Å². The highest BCUT2D eigenvalue weighted by Crippen LogP contribution is 2.24. The van der Waals surface area contributed by atoms with Gasteiger partial charge in [-0.1, -0.05) is 20.8 Å². The first-order valence-electron chi connectivity index (χ1n) is 10.4. The molecular weight excluding hydrogens is 364 g/mol. The Morgan fingerprint density at radius 3 is 2.52 bits per heavy atom. The van der Waals surface area contributed by atoms with Gasteiger partial charge in [0.15, 0.2) is 0 Å². The number of pyridine rings is 1. The lowest BCUT2D eigenvalue weighted by Gasteiger charge is -2.19. The van der Waals surface area contributed by atoms with E-state index in [0.29, 0.717) is 17.3 Å². The first-order chi connectivity index (χ1) is 13.9. The normalized spacial score (nSPS) is 13.8. The lowest BCUT2D eigenvalue weighted by Crippen LogP contribution is -2.27. The van der Waals surface area contributed by atoms with Gasteiger partial charge in [-0.05, 0) is 36.0 Å². The summed E-state index contributed by atoms with van der Waals surface area (Å²) in [5, 5.41) is 3.38. The lowest BCUT2D eigenvalue weighted by atomic mass is 10.0. The fraction of sp³-hybridized carbons (Fsp3) is 0.545. The van der Waals surface area contributed by atoms with Gasteiger partial charge in [0.25, 0.3) is 5.91 Å². The van der Waals surface area contributed by atoms with Crippen molar-refractivity contribution in [1.29, 1.82) is 0 Å². The van der Waals surface area contributed by atoms with Crippen LogP contribution in [0, 0.1) is 5.92 Å². The molecule has 0 saturated carbocycles. The molecule has 29 heavy (non-hydrogen) atoms. The number of nitrogens with one attached hydrogen (secondary N) is 1. The number of hydrogen-bond acceptors (Lipinski definition) is 6. The molecule has 2 aromatic rings. The fourth-order valence-electron chi connectivity index (χ4n) is 3.37. The Hall–Kier alpha value is -2.70. The number of fused-ring (bicyclic) bond motifs is 1. The summed E-state index contributed by atoms with van der Waals surface area (Å²) < 4.78 is 0. The molecular formula is C22H32N6O. The molecule has 7 heteroatoms. The van der Waals surface area contributed by atoms with E-state index in [1.54, 1.807) is 19.0 Å². The van der Waals surface area contributed by atoms with Gasteiger partial charge in [0.2, 0.25) is 5.95 Å². The number of carbonyl (C=O) groups is 1. The van der Waals surface area contributed by atoms with Crippen LogP contribution in [0.5, 0.6) is 0 Å². The number of aromatic nitrogens is 3. The van der Waals surface area contributed by atoms with Crippen LogP contribution in [0.15, 0.2) is 18.5 Å². The predicted molar refractivity (Wildman–Crippen MR) is 117 cm³/mol. The van der Waals surface area contributed by atoms with Crippen molar-refractivity contribution in [2.75, 3.05) is 43.9 Å². The summed E-state index contributed by atoms with van der Waals surface area (Å²) in [6.45, 7) is 8.80. The van der Waals surface area contributed by atoms with Crippen LogP contribution in [0.2, 0.25) is 0 Å². The molecule has 0 bridgehead atoms. The molecule has 7 nitrogen and oxygen atoms in total. The molecule has 156 valence electrons. The fourth-order valence-corrected chi connectivity index (χ4v) is 3.37. The van der Waals surface area contributed by atoms with E-state index in [-0.39, 0.29) is 5.91 Å². The maximum Gasteiger partial charge on any atom is 0.257 e. The number of carbonyl (C=O) groups excluding carboxylic acids is 1. The van der Waals surface area contributed by atoms with Gasteiger partial charge in [-0.15, -0.1) is 0 Å². The highest BCUT2D eigenvalue weighted by atomic mass is 16.2. The molecule has 0 unspecified atom stereocenters. The molecule has 1 aliphatic heterocycles. The molecule has 1 N–H and O–H groups in total. The largest absolute Gasteiger partial charge is 0.369 e. The zero-order valence-electron chi connectivity index (χ0n) is 18.2. The number of amides is 1. The number of rotatable bonds is 6. The van der Waals surface area contributed by atoms with Crippen molar-refractivity contribution in [2.24, 2.45) is 5.92 Å². The third-order valence-electron chi connectivity index (χ3n) is 5.16. The van der Waals surface area contributed by atoms with E-state index in [9.17, 15) is 4.79 Å². The van der Waals surface area contributed by atoms with Crippen LogP contribution in [-0.4, -0.2) is 59.5 Å². The Morgan fingerprint density at radius 2 is 1.90 bits per heavy atom. The molecule has 0 aromatic carbocycles. The Kier molecular flexibility index (Phi) is 6.67. The van der Waals surface area contributed by atoms with Gasteiger partial charge >= 0.3 is 0 Å². The number of aryl methyl sites for hydroxylation is 1. The number of anilines is 2. The van der Waals surface area contributed by atoms with E-state index < -0.39 is 0 Å². The van der Waals surface area contributed by atoms with Crippen molar-refractivity contribution in [3.8, 4) is 0 Å². The van der Waals surface area contributed by atoms with E-state index in [1.165, 1.54) is 0 Å². The van der Waals surface area contributed by atoms with Gasteiger partial charge in [-0.25, -0.2) is 15.0 Å². The minimum Gasteiger partial charge on any atom is -0.369 e. The van der Waals surface area contributed by atoms with Gasteiger partial charge < -0.3 is 15.1 Å². The summed E-state index contributed by atoms with van der Waals surface area (Å²) in [5.41, 5.74) is 3.98. The van der Waals surface area contributed by atoms with Crippen molar-refractivity contribution < 1.29 is 4.79 Å². The van der Waals surface area contributed by atoms with Crippen LogP contribution in [0.4, 0.5) is 11.8 Å². The first-order valence-corrected chi connectivity index (χ1v) is 10.4. The third kappa shape index (κ3) is 5.02. The third-order valence-corrected chi connectivity index (χ3v) is 5.16. The van der Waals surface area contributed by atoms with Crippen LogP contribution < -0.4 is 10.2 Å². The molecule has 3 rings (SSSR count). The second-order valence-electron chi connectivity index (χ2n) is 8.20. The van der Waals surface area contributed by atoms with E-state index >= 15 is 0 Å². The molecule has 1 aliphatic rings. The van der Waals surface area contributed by atoms with Gasteiger partial charge in [0.05, 0.1) is 5.56 Å². The molecule has 0 saturated heterocycles. The summed E-state index contributed by atoms with van der Waals surface area (Å²) in [5.74, 6) is 1.90. The molecule has 2 aromatic heterocycles. The molecule has 0 radical (unpaired) electrons. The molecule has 0 fully saturated rings. The standard InChI is InChI=1S/C22H32N6O/c1-6-16-13-24-22(25-14-16)28-9-7-17-11-18(21(29)27(4)5)20(23-12-15(2)3)26-19(17)8-10-28/h11,13-15H,6-10,12H2,1-5H3,(H,23,26). The zero-order chi connectivity index (χ0) is 21.0. The summed E-state index contributed by atoms with van der Waals surface area (Å²) in [6, 6.07) is 2.03. The first kappa shape index (κ1) is 21.0. The topological polar surface area (TPSA) is 74.2 Å². The van der Waals surface area contributed by atoms with Crippen LogP contribution in [0.1, 0.15) is 48.0 Å². The summed E-state index contributed by atoms with van der Waals surface area (Å²) in [4.78, 5) is 30.5. The second kappa shape index (κ2) is 9.20.